The Labute approximate surface area is 97.3 Å². The van der Waals surface area contributed by atoms with Gasteiger partial charge in [0.25, 0.3) is 0 Å². The van der Waals surface area contributed by atoms with E-state index < -0.39 is 0 Å². The molecule has 7 heteroatoms. The van der Waals surface area contributed by atoms with Gasteiger partial charge in [0, 0.05) is 0 Å². The van der Waals surface area contributed by atoms with Crippen LogP contribution in [0.4, 0.5) is 0 Å². The zero-order valence-electron chi connectivity index (χ0n) is 8.30. The predicted octanol–water partition coefficient (Wildman–Crippen LogP) is 0.998. The Morgan fingerprint density at radius 2 is 2.31 bits per heavy atom. The number of para-hydroxylation sites is 1. The molecule has 6 nitrogen and oxygen atoms in total. The number of nitrogens with two attached hydrogens (primary N) is 1. The van der Waals surface area contributed by atoms with Crippen LogP contribution in [0.2, 0.25) is 5.02 Å². The third-order valence-electron chi connectivity index (χ3n) is 1.51. The van der Waals surface area contributed by atoms with Gasteiger partial charge in [0.2, 0.25) is 5.96 Å². The van der Waals surface area contributed by atoms with Crippen LogP contribution in [-0.2, 0) is 0 Å². The van der Waals surface area contributed by atoms with E-state index in [9.17, 15) is 0 Å². The molecule has 86 valence electrons. The molecule has 0 saturated carbocycles. The first-order chi connectivity index (χ1) is 7.74. The Morgan fingerprint density at radius 1 is 1.56 bits per heavy atom. The average Bonchev–Trinajstić information content (AvgIpc) is 2.30. The van der Waals surface area contributed by atoms with Crippen LogP contribution in [0.3, 0.4) is 0 Å². The van der Waals surface area contributed by atoms with Gasteiger partial charge in [-0.25, -0.2) is 5.48 Å². The van der Waals surface area contributed by atoms with E-state index in [1.54, 1.807) is 23.7 Å². The van der Waals surface area contributed by atoms with Gasteiger partial charge in [-0.15, -0.1) is 5.10 Å². The fourth-order valence-electron chi connectivity index (χ4n) is 0.848. The summed E-state index contributed by atoms with van der Waals surface area (Å²) in [5.74, 6) is 0.363. The van der Waals surface area contributed by atoms with Crippen molar-refractivity contribution in [2.75, 3.05) is 6.61 Å². The third kappa shape index (κ3) is 4.16. The predicted molar refractivity (Wildman–Crippen MR) is 62.0 cm³/mol. The van der Waals surface area contributed by atoms with Crippen LogP contribution in [0.5, 0.6) is 5.75 Å². The highest BCUT2D eigenvalue weighted by atomic mass is 35.5. The molecular formula is C9H11ClN4O2. The number of hydrogen-bond acceptors (Lipinski definition) is 4. The summed E-state index contributed by atoms with van der Waals surface area (Å²) < 4.78 is 5.28. The Balaban J connectivity index is 2.39. The van der Waals surface area contributed by atoms with E-state index >= 15 is 0 Å². The summed E-state index contributed by atoms with van der Waals surface area (Å²) >= 11 is 5.85. The second kappa shape index (κ2) is 6.65. The molecule has 1 rings (SSSR count). The molecule has 0 amide bonds. The van der Waals surface area contributed by atoms with Gasteiger partial charge in [-0.3, -0.25) is 5.21 Å². The number of guanidine groups is 1. The fraction of sp³-hybridized carbons (Fsp3) is 0.111. The average molecular weight is 243 g/mol. The van der Waals surface area contributed by atoms with E-state index in [1.165, 1.54) is 6.21 Å². The van der Waals surface area contributed by atoms with E-state index in [0.29, 0.717) is 10.8 Å². The van der Waals surface area contributed by atoms with Crippen molar-refractivity contribution in [3.8, 4) is 5.75 Å². The van der Waals surface area contributed by atoms with Gasteiger partial charge in [-0.05, 0) is 12.1 Å². The van der Waals surface area contributed by atoms with Crippen molar-refractivity contribution in [3.63, 3.8) is 0 Å². The SMILES string of the molecule is N/C(=N\N=C\COc1ccccc1Cl)NO. The molecule has 0 spiro atoms. The minimum Gasteiger partial charge on any atom is -0.486 e. The van der Waals surface area contributed by atoms with Gasteiger partial charge in [0.1, 0.15) is 12.4 Å². The van der Waals surface area contributed by atoms with Crippen molar-refractivity contribution in [3.05, 3.63) is 29.3 Å². The van der Waals surface area contributed by atoms with Crippen LogP contribution in [0.25, 0.3) is 0 Å². The smallest absolute Gasteiger partial charge is 0.237 e. The zero-order valence-corrected chi connectivity index (χ0v) is 9.05. The van der Waals surface area contributed by atoms with Gasteiger partial charge in [-0.2, -0.15) is 5.10 Å². The lowest BCUT2D eigenvalue weighted by atomic mass is 10.3. The summed E-state index contributed by atoms with van der Waals surface area (Å²) in [5.41, 5.74) is 6.74. The van der Waals surface area contributed by atoms with Crippen LogP contribution in [0.1, 0.15) is 0 Å². The standard InChI is InChI=1S/C9H11ClN4O2/c10-7-3-1-2-4-8(7)16-6-5-12-13-9(11)14-15/h1-5,15H,6H2,(H3,11,13,14)/b12-5+. The van der Waals surface area contributed by atoms with E-state index in [4.69, 9.17) is 27.3 Å². The molecule has 0 heterocycles. The van der Waals surface area contributed by atoms with Gasteiger partial charge < -0.3 is 10.5 Å². The van der Waals surface area contributed by atoms with Gasteiger partial charge in [0.05, 0.1) is 11.2 Å². The normalized spacial score (nSPS) is 11.8. The van der Waals surface area contributed by atoms with Crippen molar-refractivity contribution >= 4 is 23.8 Å². The maximum Gasteiger partial charge on any atom is 0.237 e. The Kier molecular flexibility index (Phi) is 5.10. The summed E-state index contributed by atoms with van der Waals surface area (Å²) in [5, 5.41) is 15.7. The number of benzene rings is 1. The fourth-order valence-corrected chi connectivity index (χ4v) is 1.04. The van der Waals surface area contributed by atoms with E-state index in [2.05, 4.69) is 10.2 Å². The first-order valence-electron chi connectivity index (χ1n) is 4.36. The number of nitrogens with one attached hydrogen (secondary N) is 1. The zero-order chi connectivity index (χ0) is 11.8. The maximum absolute atomic E-state index is 8.28. The lowest BCUT2D eigenvalue weighted by Crippen LogP contribution is -2.27. The molecule has 0 unspecified atom stereocenters. The minimum absolute atomic E-state index is 0.200. The molecule has 0 atom stereocenters. The van der Waals surface area contributed by atoms with Crippen molar-refractivity contribution in [2.45, 2.75) is 0 Å². The van der Waals surface area contributed by atoms with Crippen molar-refractivity contribution in [1.29, 1.82) is 0 Å². The Hall–Kier alpha value is -1.79. The van der Waals surface area contributed by atoms with Crippen LogP contribution < -0.4 is 16.0 Å². The molecule has 4 N–H and O–H groups in total. The van der Waals surface area contributed by atoms with E-state index in [-0.39, 0.29) is 12.6 Å². The maximum atomic E-state index is 8.28. The molecule has 0 aromatic heterocycles. The monoisotopic (exact) mass is 242 g/mol. The molecule has 1 aromatic carbocycles. The second-order valence-electron chi connectivity index (χ2n) is 2.64. The number of hydroxylamine groups is 1. The van der Waals surface area contributed by atoms with Crippen molar-refractivity contribution in [2.24, 2.45) is 15.9 Å². The Bertz CT molecular complexity index is 395. The van der Waals surface area contributed by atoms with Gasteiger partial charge in [0.15, 0.2) is 0 Å². The molecular weight excluding hydrogens is 232 g/mol. The summed E-state index contributed by atoms with van der Waals surface area (Å²) in [7, 11) is 0. The largest absolute Gasteiger partial charge is 0.486 e. The van der Waals surface area contributed by atoms with E-state index in [0.717, 1.165) is 0 Å². The first kappa shape index (κ1) is 12.3. The summed E-state index contributed by atoms with van der Waals surface area (Å²) in [6.45, 7) is 0.200. The summed E-state index contributed by atoms with van der Waals surface area (Å²) in [6, 6.07) is 7.08. The second-order valence-corrected chi connectivity index (χ2v) is 3.04. The first-order valence-corrected chi connectivity index (χ1v) is 4.74. The van der Waals surface area contributed by atoms with Gasteiger partial charge >= 0.3 is 0 Å². The van der Waals surface area contributed by atoms with E-state index in [1.807, 2.05) is 6.07 Å². The number of ether oxygens (including phenoxy) is 1. The number of rotatable bonds is 4. The molecule has 0 bridgehead atoms. The molecule has 16 heavy (non-hydrogen) atoms. The highest BCUT2D eigenvalue weighted by Gasteiger charge is 1.96. The third-order valence-corrected chi connectivity index (χ3v) is 1.82. The Morgan fingerprint density at radius 3 is 3.00 bits per heavy atom. The molecule has 1 aromatic rings. The summed E-state index contributed by atoms with van der Waals surface area (Å²) in [6.07, 6.45) is 1.38. The minimum atomic E-state index is -0.200. The van der Waals surface area contributed by atoms with Gasteiger partial charge in [-0.1, -0.05) is 23.7 Å². The molecule has 0 aliphatic carbocycles. The molecule has 0 saturated heterocycles. The highest BCUT2D eigenvalue weighted by Crippen LogP contribution is 2.22. The molecule has 0 fully saturated rings. The lowest BCUT2D eigenvalue weighted by molar-refractivity contribution is 0.232. The molecule has 0 aliphatic rings. The quantitative estimate of drug-likeness (QED) is 0.417. The molecule has 0 aliphatic heterocycles. The number of halogens is 1. The molecule has 0 radical (unpaired) electrons. The summed E-state index contributed by atoms with van der Waals surface area (Å²) in [4.78, 5) is 0. The van der Waals surface area contributed by atoms with Crippen LogP contribution >= 0.6 is 11.6 Å². The number of hydrogen-bond donors (Lipinski definition) is 3. The van der Waals surface area contributed by atoms with Crippen LogP contribution in [0.15, 0.2) is 34.5 Å². The highest BCUT2D eigenvalue weighted by molar-refractivity contribution is 6.32. The number of nitrogens with zero attached hydrogens (tertiary/aromatic N) is 2. The topological polar surface area (TPSA) is 92.2 Å². The van der Waals surface area contributed by atoms with Crippen molar-refractivity contribution < 1.29 is 9.94 Å². The van der Waals surface area contributed by atoms with Crippen LogP contribution in [0, 0.1) is 0 Å². The lowest BCUT2D eigenvalue weighted by Gasteiger charge is -2.03. The van der Waals surface area contributed by atoms with Crippen LogP contribution in [-0.4, -0.2) is 24.0 Å². The van der Waals surface area contributed by atoms with Crippen molar-refractivity contribution in [1.82, 2.24) is 5.48 Å².